The van der Waals surface area contributed by atoms with E-state index in [0.717, 1.165) is 84.7 Å². The van der Waals surface area contributed by atoms with E-state index in [1.807, 2.05) is 19.9 Å². The van der Waals surface area contributed by atoms with Crippen molar-refractivity contribution in [3.8, 4) is 0 Å². The summed E-state index contributed by atoms with van der Waals surface area (Å²) in [6.45, 7) is 16.4. The van der Waals surface area contributed by atoms with Crippen molar-refractivity contribution in [2.45, 2.75) is 97.1 Å². The highest BCUT2D eigenvalue weighted by Gasteiger charge is 2.43. The lowest BCUT2D eigenvalue weighted by molar-refractivity contribution is -0.205. The van der Waals surface area contributed by atoms with Crippen molar-refractivity contribution in [1.29, 1.82) is 0 Å². The van der Waals surface area contributed by atoms with Gasteiger partial charge in [0.2, 0.25) is 0 Å². The maximum absolute atomic E-state index is 13.0. The number of aliphatic hydroxyl groups is 4. The molecule has 6 heterocycles. The lowest BCUT2D eigenvalue weighted by Crippen LogP contribution is -2.57. The quantitative estimate of drug-likeness (QED) is 0.0984. The van der Waals surface area contributed by atoms with Crippen molar-refractivity contribution in [2.24, 2.45) is 0 Å². The Kier molecular flexibility index (Phi) is 11.8. The summed E-state index contributed by atoms with van der Waals surface area (Å²) in [5, 5.41) is 39.7. The SMILES string of the molecule is C=Cc1c(C)c2cc3nc(c(C)c4nc(cc5[nH]c(cc1[nH]2)c(C)c5CC)C(C)=C4)C(CCC(=O)OCCCS[C@@H]1O[C@H](CO)[C@@H](O)[C@H](O)[C@H]1O)=C3C. The Morgan fingerprint density at radius 3 is 2.38 bits per heavy atom. The van der Waals surface area contributed by atoms with Crippen LogP contribution in [-0.4, -0.2) is 95.1 Å². The number of nitrogens with one attached hydrogen (secondary N) is 2. The zero-order chi connectivity index (χ0) is 38.1. The maximum atomic E-state index is 13.0. The minimum Gasteiger partial charge on any atom is -0.466 e. The van der Waals surface area contributed by atoms with Crippen LogP contribution in [0.2, 0.25) is 0 Å². The molecule has 3 aliphatic heterocycles. The largest absolute Gasteiger partial charge is 0.466 e. The fourth-order valence-corrected chi connectivity index (χ4v) is 8.39. The van der Waals surface area contributed by atoms with E-state index in [9.17, 15) is 25.2 Å². The van der Waals surface area contributed by atoms with Crippen LogP contribution in [0, 0.1) is 20.8 Å². The lowest BCUT2D eigenvalue weighted by atomic mass is 9.98. The molecule has 53 heavy (non-hydrogen) atoms. The van der Waals surface area contributed by atoms with Crippen LogP contribution >= 0.6 is 11.8 Å². The zero-order valence-electron chi connectivity index (χ0n) is 31.2. The third-order valence-electron chi connectivity index (χ3n) is 10.6. The molecule has 0 unspecified atom stereocenters. The molecular formula is C41H50N4O7S. The topological polar surface area (TPSA) is 174 Å². The van der Waals surface area contributed by atoms with Crippen LogP contribution in [0.1, 0.15) is 90.6 Å². The smallest absolute Gasteiger partial charge is 0.306 e. The fourth-order valence-electron chi connectivity index (χ4n) is 7.29. The molecular weight excluding hydrogens is 693 g/mol. The summed E-state index contributed by atoms with van der Waals surface area (Å²) in [5.41, 5.74) is 15.0. The van der Waals surface area contributed by atoms with E-state index in [-0.39, 0.29) is 19.0 Å². The molecule has 3 aromatic heterocycles. The number of carbonyl (C=O) groups excluding carboxylic acids is 1. The minimum absolute atomic E-state index is 0.161. The number of ether oxygens (including phenoxy) is 2. The fraction of sp³-hybridized carbons (Fsp3) is 0.439. The minimum atomic E-state index is -1.42. The van der Waals surface area contributed by atoms with Crippen LogP contribution in [0.5, 0.6) is 0 Å². The molecule has 6 N–H and O–H groups in total. The Morgan fingerprint density at radius 1 is 0.943 bits per heavy atom. The molecule has 0 spiro atoms. The van der Waals surface area contributed by atoms with E-state index < -0.39 is 36.5 Å². The number of nitrogens with zero attached hydrogens (tertiary/aromatic N) is 2. The molecule has 1 fully saturated rings. The first-order valence-electron chi connectivity index (χ1n) is 18.2. The third-order valence-corrected chi connectivity index (χ3v) is 11.8. The van der Waals surface area contributed by atoms with E-state index in [2.05, 4.69) is 68.5 Å². The average Bonchev–Trinajstić information content (AvgIpc) is 3.84. The Morgan fingerprint density at radius 2 is 1.66 bits per heavy atom. The van der Waals surface area contributed by atoms with E-state index in [0.29, 0.717) is 18.6 Å². The van der Waals surface area contributed by atoms with Crippen LogP contribution in [0.4, 0.5) is 0 Å². The molecule has 0 amide bonds. The number of aryl methyl sites for hydroxylation is 3. The third kappa shape index (κ3) is 7.67. The van der Waals surface area contributed by atoms with Crippen LogP contribution in [0.3, 0.4) is 0 Å². The number of rotatable bonds is 11. The van der Waals surface area contributed by atoms with Crippen molar-refractivity contribution in [3.05, 3.63) is 75.4 Å². The number of aromatic nitrogens is 4. The molecule has 1 saturated heterocycles. The number of hydrogen-bond donors (Lipinski definition) is 6. The van der Waals surface area contributed by atoms with Gasteiger partial charge in [-0.3, -0.25) is 4.79 Å². The number of esters is 1. The molecule has 282 valence electrons. The number of aromatic amines is 2. The van der Waals surface area contributed by atoms with Gasteiger partial charge in [-0.15, -0.1) is 11.8 Å². The second-order valence-electron chi connectivity index (χ2n) is 14.0. The van der Waals surface area contributed by atoms with Gasteiger partial charge in [-0.2, -0.15) is 0 Å². The first-order valence-corrected chi connectivity index (χ1v) is 19.2. The van der Waals surface area contributed by atoms with Gasteiger partial charge in [0, 0.05) is 39.6 Å². The van der Waals surface area contributed by atoms with Crippen LogP contribution in [0.25, 0.3) is 50.9 Å². The van der Waals surface area contributed by atoms with Crippen LogP contribution < -0.4 is 0 Å². The molecule has 5 atom stereocenters. The van der Waals surface area contributed by atoms with Gasteiger partial charge in [0.15, 0.2) is 0 Å². The Bertz CT molecular complexity index is 2150. The molecule has 0 saturated carbocycles. The Hall–Kier alpha value is -4.04. The van der Waals surface area contributed by atoms with Crippen molar-refractivity contribution in [2.75, 3.05) is 19.0 Å². The van der Waals surface area contributed by atoms with E-state index in [1.54, 1.807) is 0 Å². The summed E-state index contributed by atoms with van der Waals surface area (Å²) in [6, 6.07) is 6.35. The summed E-state index contributed by atoms with van der Waals surface area (Å²) in [4.78, 5) is 30.5. The van der Waals surface area contributed by atoms with Crippen LogP contribution in [0.15, 0.2) is 24.8 Å². The van der Waals surface area contributed by atoms with Crippen molar-refractivity contribution < 1.29 is 34.7 Å². The first-order chi connectivity index (χ1) is 25.4. The van der Waals surface area contributed by atoms with E-state index in [4.69, 9.17) is 19.4 Å². The Labute approximate surface area is 313 Å². The van der Waals surface area contributed by atoms with E-state index in [1.165, 1.54) is 22.9 Å². The standard InChI is InChI=1S/C41H50N4O7S/c1-8-25-22(5)31-18-34-26(9-2)21(4)30(43-34)17-32-23(6)27(37(45-32)24(7)29-15-20(3)28(42-29)16-33(25)44-31)11-12-36(47)51-13-10-14-53-41-40(50)39(49)38(48)35(19-46)52-41/h9,15-18,35,38-41,43-44,46,48-50H,2,8,10-14,19H2,1,3-7H3/t35-,38-,39+,40-,41+/m1/s1. The van der Waals surface area contributed by atoms with Crippen molar-refractivity contribution >= 4 is 68.7 Å². The number of aliphatic hydroxyl groups excluding tert-OH is 4. The zero-order valence-corrected chi connectivity index (χ0v) is 32.1. The van der Waals surface area contributed by atoms with Gasteiger partial charge in [0.25, 0.3) is 0 Å². The van der Waals surface area contributed by atoms with Crippen molar-refractivity contribution in [3.63, 3.8) is 0 Å². The monoisotopic (exact) mass is 742 g/mol. The number of hydrogen-bond acceptors (Lipinski definition) is 10. The van der Waals surface area contributed by atoms with Gasteiger partial charge >= 0.3 is 5.97 Å². The summed E-state index contributed by atoms with van der Waals surface area (Å²) in [5.74, 6) is 0.138. The summed E-state index contributed by atoms with van der Waals surface area (Å²) in [6.07, 6.45) is 0.868. The predicted molar refractivity (Wildman–Crippen MR) is 212 cm³/mol. The summed E-state index contributed by atoms with van der Waals surface area (Å²) in [7, 11) is 0. The highest BCUT2D eigenvalue weighted by atomic mass is 32.2. The van der Waals surface area contributed by atoms with Gasteiger partial charge in [0.1, 0.15) is 29.9 Å². The van der Waals surface area contributed by atoms with Gasteiger partial charge in [0.05, 0.1) is 36.0 Å². The van der Waals surface area contributed by atoms with Crippen molar-refractivity contribution in [1.82, 2.24) is 19.9 Å². The number of allylic oxidation sites excluding steroid dienone is 3. The molecule has 3 aliphatic rings. The van der Waals surface area contributed by atoms with E-state index >= 15 is 0 Å². The molecule has 6 rings (SSSR count). The molecule has 12 heteroatoms. The van der Waals surface area contributed by atoms with Gasteiger partial charge in [-0.05, 0) is 117 Å². The molecule has 0 aromatic carbocycles. The maximum Gasteiger partial charge on any atom is 0.306 e. The first kappa shape index (κ1) is 38.7. The van der Waals surface area contributed by atoms with Gasteiger partial charge in [-0.25, -0.2) is 9.97 Å². The second kappa shape index (κ2) is 16.1. The lowest BCUT2D eigenvalue weighted by Gasteiger charge is -2.39. The number of thioether (sulfide) groups is 1. The Balaban J connectivity index is 1.27. The highest BCUT2D eigenvalue weighted by Crippen LogP contribution is 2.37. The molecule has 8 bridgehead atoms. The van der Waals surface area contributed by atoms with Gasteiger partial charge in [-0.1, -0.05) is 19.6 Å². The molecule has 0 aliphatic carbocycles. The number of H-pyrrole nitrogens is 2. The second-order valence-corrected chi connectivity index (χ2v) is 15.2. The normalized spacial score (nSPS) is 21.5. The number of fused-ring (bicyclic) bond motifs is 8. The molecule has 0 radical (unpaired) electrons. The molecule has 3 aromatic rings. The van der Waals surface area contributed by atoms with Crippen LogP contribution in [-0.2, 0) is 20.7 Å². The predicted octanol–water partition coefficient (Wildman–Crippen LogP) is 6.18. The molecule has 11 nitrogen and oxygen atoms in total. The van der Waals surface area contributed by atoms with Gasteiger partial charge < -0.3 is 39.9 Å². The highest BCUT2D eigenvalue weighted by molar-refractivity contribution is 7.99. The summed E-state index contributed by atoms with van der Waals surface area (Å²) < 4.78 is 11.1. The average molecular weight is 743 g/mol. The summed E-state index contributed by atoms with van der Waals surface area (Å²) >= 11 is 1.23. The number of carbonyl (C=O) groups is 1.